The molecule has 0 saturated heterocycles. The van der Waals surface area contributed by atoms with Gasteiger partial charge in [-0.05, 0) is 44.3 Å². The quantitative estimate of drug-likeness (QED) is 0.648. The van der Waals surface area contributed by atoms with Gasteiger partial charge in [-0.25, -0.2) is 0 Å². The molecule has 2 aromatic rings. The molecule has 0 aliphatic carbocycles. The lowest BCUT2D eigenvalue weighted by Gasteiger charge is -2.14. The van der Waals surface area contributed by atoms with E-state index in [1.54, 1.807) is 0 Å². The van der Waals surface area contributed by atoms with Crippen molar-refractivity contribution in [2.24, 2.45) is 0 Å². The van der Waals surface area contributed by atoms with Crippen molar-refractivity contribution in [2.75, 3.05) is 0 Å². The molecule has 0 bridgehead atoms. The van der Waals surface area contributed by atoms with E-state index >= 15 is 0 Å². The van der Waals surface area contributed by atoms with Crippen molar-refractivity contribution in [1.82, 2.24) is 0 Å². The molecule has 0 fully saturated rings. The highest BCUT2D eigenvalue weighted by atomic mass is 79.9. The predicted octanol–water partition coefficient (Wildman–Crippen LogP) is 5.46. The van der Waals surface area contributed by atoms with Gasteiger partial charge >= 0.3 is 0 Å². The van der Waals surface area contributed by atoms with Crippen LogP contribution in [0.1, 0.15) is 27.6 Å². The fraction of sp³-hybridized carbons (Fsp3) is 0.200. The number of benzene rings is 2. The number of hydrogen-bond donors (Lipinski definition) is 0. The highest BCUT2D eigenvalue weighted by molar-refractivity contribution is 9.10. The molecule has 19 heavy (non-hydrogen) atoms. The maximum Gasteiger partial charge on any atom is 0.0850 e. The third kappa shape index (κ3) is 2.55. The van der Waals surface area contributed by atoms with Gasteiger partial charge in [0.05, 0.1) is 23.6 Å². The van der Waals surface area contributed by atoms with Crippen LogP contribution in [0.5, 0.6) is 0 Å². The molecule has 0 spiro atoms. The summed E-state index contributed by atoms with van der Waals surface area (Å²) in [6, 6.07) is 12.0. The van der Waals surface area contributed by atoms with Gasteiger partial charge in [0.1, 0.15) is 0 Å². The van der Waals surface area contributed by atoms with E-state index < -0.39 is 0 Å². The molecule has 1 unspecified atom stereocenters. The predicted molar refractivity (Wildman–Crippen MR) is 81.8 cm³/mol. The van der Waals surface area contributed by atoms with Crippen LogP contribution in [-0.4, -0.2) is 0 Å². The first kappa shape index (κ1) is 13.4. The third-order valence-corrected chi connectivity index (χ3v) is 5.09. The van der Waals surface area contributed by atoms with E-state index in [-0.39, 0.29) is 5.38 Å². The average molecular weight is 358 g/mol. The lowest BCUT2D eigenvalue weighted by Crippen LogP contribution is -1.96. The van der Waals surface area contributed by atoms with Crippen LogP contribution in [-0.2, 0) is 18.0 Å². The van der Waals surface area contributed by atoms with Crippen LogP contribution in [0.15, 0.2) is 40.9 Å². The summed E-state index contributed by atoms with van der Waals surface area (Å²) in [5, 5.41) is 0.412. The lowest BCUT2D eigenvalue weighted by molar-refractivity contribution is 0.134. The molecule has 1 heterocycles. The Hall–Kier alpha value is -0.540. The van der Waals surface area contributed by atoms with E-state index in [0.717, 1.165) is 15.6 Å². The molecule has 0 radical (unpaired) electrons. The molecule has 1 aliphatic rings. The van der Waals surface area contributed by atoms with Gasteiger partial charge < -0.3 is 4.74 Å². The standard InChI is InChI=1S/C15H11BrCl2O/c16-13-3-1-2-12(15(13)18)14(17)9-4-5-10-7-19-8-11(10)6-9/h1-6,14H,7-8H2. The molecule has 1 nitrogen and oxygen atoms in total. The molecule has 3 rings (SSSR count). The van der Waals surface area contributed by atoms with E-state index in [2.05, 4.69) is 28.1 Å². The van der Waals surface area contributed by atoms with Crippen molar-refractivity contribution in [2.45, 2.75) is 18.6 Å². The molecular formula is C15H11BrCl2O. The molecule has 4 heteroatoms. The van der Waals surface area contributed by atoms with E-state index in [9.17, 15) is 0 Å². The van der Waals surface area contributed by atoms with Gasteiger partial charge in [-0.15, -0.1) is 11.6 Å². The molecular weight excluding hydrogens is 347 g/mol. The fourth-order valence-corrected chi connectivity index (χ4v) is 3.24. The first-order valence-corrected chi connectivity index (χ1v) is 7.55. The van der Waals surface area contributed by atoms with E-state index in [1.165, 1.54) is 11.1 Å². The van der Waals surface area contributed by atoms with Crippen LogP contribution in [0.4, 0.5) is 0 Å². The van der Waals surface area contributed by atoms with Crippen molar-refractivity contribution in [3.8, 4) is 0 Å². The van der Waals surface area contributed by atoms with Crippen LogP contribution < -0.4 is 0 Å². The number of rotatable bonds is 2. The number of hydrogen-bond acceptors (Lipinski definition) is 1. The zero-order valence-corrected chi connectivity index (χ0v) is 13.1. The molecule has 0 saturated carbocycles. The van der Waals surface area contributed by atoms with Crippen molar-refractivity contribution in [3.63, 3.8) is 0 Å². The first-order valence-electron chi connectivity index (χ1n) is 5.94. The molecule has 0 N–H and O–H groups in total. The summed E-state index contributed by atoms with van der Waals surface area (Å²) in [4.78, 5) is 0. The largest absolute Gasteiger partial charge is 0.372 e. The Morgan fingerprint density at radius 2 is 1.89 bits per heavy atom. The van der Waals surface area contributed by atoms with Crippen molar-refractivity contribution < 1.29 is 4.74 Å². The number of ether oxygens (including phenoxy) is 1. The lowest BCUT2D eigenvalue weighted by atomic mass is 10.00. The van der Waals surface area contributed by atoms with Gasteiger partial charge in [-0.2, -0.15) is 0 Å². The van der Waals surface area contributed by atoms with Crippen LogP contribution in [0.2, 0.25) is 5.02 Å². The summed E-state index contributed by atoms with van der Waals surface area (Å²) in [7, 11) is 0. The number of fused-ring (bicyclic) bond motifs is 1. The van der Waals surface area contributed by atoms with Crippen molar-refractivity contribution in [1.29, 1.82) is 0 Å². The summed E-state index contributed by atoms with van der Waals surface area (Å²) >= 11 is 16.3. The van der Waals surface area contributed by atoms with E-state index in [0.29, 0.717) is 18.2 Å². The number of alkyl halides is 1. The van der Waals surface area contributed by atoms with Crippen molar-refractivity contribution >= 4 is 39.1 Å². The van der Waals surface area contributed by atoms with Gasteiger partial charge in [0.25, 0.3) is 0 Å². The van der Waals surface area contributed by atoms with E-state index in [4.69, 9.17) is 27.9 Å². The zero-order valence-electron chi connectivity index (χ0n) is 10.00. The van der Waals surface area contributed by atoms with Gasteiger partial charge in [0.15, 0.2) is 0 Å². The Morgan fingerprint density at radius 1 is 1.11 bits per heavy atom. The van der Waals surface area contributed by atoms with Crippen LogP contribution in [0.3, 0.4) is 0 Å². The summed E-state index contributed by atoms with van der Waals surface area (Å²) in [6.45, 7) is 1.36. The van der Waals surface area contributed by atoms with Crippen molar-refractivity contribution in [3.05, 3.63) is 68.1 Å². The Balaban J connectivity index is 2.00. The highest BCUT2D eigenvalue weighted by Gasteiger charge is 2.18. The number of halogens is 3. The van der Waals surface area contributed by atoms with E-state index in [1.807, 2.05) is 24.3 Å². The Kier molecular flexibility index (Phi) is 3.86. The molecule has 0 amide bonds. The zero-order chi connectivity index (χ0) is 13.4. The maximum absolute atomic E-state index is 6.56. The monoisotopic (exact) mass is 356 g/mol. The van der Waals surface area contributed by atoms with Crippen LogP contribution in [0.25, 0.3) is 0 Å². The minimum Gasteiger partial charge on any atom is -0.372 e. The second-order valence-corrected chi connectivity index (χ2v) is 6.20. The summed E-state index contributed by atoms with van der Waals surface area (Å²) < 4.78 is 6.28. The molecule has 1 atom stereocenters. The Bertz CT molecular complexity index is 628. The van der Waals surface area contributed by atoms with Gasteiger partial charge in [-0.3, -0.25) is 0 Å². The highest BCUT2D eigenvalue weighted by Crippen LogP contribution is 2.38. The average Bonchev–Trinajstić information content (AvgIpc) is 2.88. The third-order valence-electron chi connectivity index (χ3n) is 3.29. The SMILES string of the molecule is Clc1c(Br)cccc1C(Cl)c1ccc2c(c1)COC2. The fourth-order valence-electron chi connectivity index (χ4n) is 2.25. The minimum absolute atomic E-state index is 0.254. The second-order valence-electron chi connectivity index (χ2n) is 4.53. The molecule has 2 aromatic carbocycles. The summed E-state index contributed by atoms with van der Waals surface area (Å²) in [5.74, 6) is 0. The molecule has 0 aromatic heterocycles. The molecule has 98 valence electrons. The van der Waals surface area contributed by atoms with Crippen LogP contribution >= 0.6 is 39.1 Å². The normalized spacial score (nSPS) is 15.3. The van der Waals surface area contributed by atoms with Gasteiger partial charge in [0, 0.05) is 4.47 Å². The van der Waals surface area contributed by atoms with Gasteiger partial charge in [0.2, 0.25) is 0 Å². The maximum atomic E-state index is 6.56. The second kappa shape index (κ2) is 5.45. The summed E-state index contributed by atoms with van der Waals surface area (Å²) in [5.41, 5.74) is 4.42. The first-order chi connectivity index (χ1) is 9.16. The summed E-state index contributed by atoms with van der Waals surface area (Å²) in [6.07, 6.45) is 0. The van der Waals surface area contributed by atoms with Gasteiger partial charge in [-0.1, -0.05) is 41.9 Å². The Morgan fingerprint density at radius 3 is 2.74 bits per heavy atom. The molecule has 1 aliphatic heterocycles. The Labute approximate surface area is 130 Å². The topological polar surface area (TPSA) is 9.23 Å². The minimum atomic E-state index is -0.254. The smallest absolute Gasteiger partial charge is 0.0850 e. The van der Waals surface area contributed by atoms with Crippen LogP contribution in [0, 0.1) is 0 Å².